The predicted octanol–water partition coefficient (Wildman–Crippen LogP) is 1.61. The van der Waals surface area contributed by atoms with Crippen molar-refractivity contribution in [3.05, 3.63) is 18.0 Å². The number of anilines is 1. The van der Waals surface area contributed by atoms with Crippen LogP contribution >= 0.6 is 0 Å². The van der Waals surface area contributed by atoms with Gasteiger partial charge in [0.05, 0.1) is 0 Å². The van der Waals surface area contributed by atoms with Crippen molar-refractivity contribution in [2.24, 2.45) is 5.92 Å². The molecule has 1 aromatic rings. The summed E-state index contributed by atoms with van der Waals surface area (Å²) in [6, 6.07) is 0. The standard InChI is InChI=1S/C13H22N4/c1-11-9-15-13(16-10-11)17(2)8-5-12-3-6-14-7-4-12/h9-10,12,14H,3-8H2,1-2H3. The Balaban J connectivity index is 1.80. The van der Waals surface area contributed by atoms with E-state index in [0.717, 1.165) is 24.0 Å². The second kappa shape index (κ2) is 5.96. The molecule has 0 unspecified atom stereocenters. The third-order valence-corrected chi connectivity index (χ3v) is 3.44. The summed E-state index contributed by atoms with van der Waals surface area (Å²) in [6.07, 6.45) is 7.62. The van der Waals surface area contributed by atoms with Gasteiger partial charge in [-0.2, -0.15) is 0 Å². The van der Waals surface area contributed by atoms with Gasteiger partial charge < -0.3 is 10.2 Å². The SMILES string of the molecule is Cc1cnc(N(C)CCC2CCNCC2)nc1. The van der Waals surface area contributed by atoms with Crippen LogP contribution in [0.3, 0.4) is 0 Å². The van der Waals surface area contributed by atoms with Gasteiger partial charge in [-0.1, -0.05) is 0 Å². The lowest BCUT2D eigenvalue weighted by Gasteiger charge is -2.25. The fourth-order valence-electron chi connectivity index (χ4n) is 2.23. The largest absolute Gasteiger partial charge is 0.344 e. The molecule has 1 aromatic heterocycles. The first-order valence-corrected chi connectivity index (χ1v) is 6.46. The minimum absolute atomic E-state index is 0.838. The first-order valence-electron chi connectivity index (χ1n) is 6.46. The second-order valence-electron chi connectivity index (χ2n) is 4.96. The number of aryl methyl sites for hydroxylation is 1. The van der Waals surface area contributed by atoms with E-state index in [1.807, 2.05) is 19.3 Å². The molecule has 0 aliphatic carbocycles. The number of nitrogens with one attached hydrogen (secondary N) is 1. The highest BCUT2D eigenvalue weighted by molar-refractivity contribution is 5.27. The normalized spacial score (nSPS) is 17.1. The van der Waals surface area contributed by atoms with Crippen molar-refractivity contribution in [2.75, 3.05) is 31.6 Å². The van der Waals surface area contributed by atoms with Crippen molar-refractivity contribution in [1.82, 2.24) is 15.3 Å². The fourth-order valence-corrected chi connectivity index (χ4v) is 2.23. The second-order valence-corrected chi connectivity index (χ2v) is 4.96. The first kappa shape index (κ1) is 12.3. The molecule has 4 heteroatoms. The van der Waals surface area contributed by atoms with Crippen LogP contribution in [0.15, 0.2) is 12.4 Å². The number of hydrogen-bond acceptors (Lipinski definition) is 4. The van der Waals surface area contributed by atoms with Crippen LogP contribution in [0.1, 0.15) is 24.8 Å². The molecule has 0 amide bonds. The molecule has 4 nitrogen and oxygen atoms in total. The van der Waals surface area contributed by atoms with E-state index >= 15 is 0 Å². The van der Waals surface area contributed by atoms with Crippen LogP contribution in [0.2, 0.25) is 0 Å². The molecule has 0 saturated carbocycles. The smallest absolute Gasteiger partial charge is 0.224 e. The molecule has 94 valence electrons. The summed E-state index contributed by atoms with van der Waals surface area (Å²) in [4.78, 5) is 10.8. The number of aromatic nitrogens is 2. The molecule has 1 N–H and O–H groups in total. The summed E-state index contributed by atoms with van der Waals surface area (Å²) in [5.74, 6) is 1.70. The van der Waals surface area contributed by atoms with Crippen molar-refractivity contribution in [3.8, 4) is 0 Å². The Morgan fingerprint density at radius 3 is 2.59 bits per heavy atom. The Morgan fingerprint density at radius 1 is 1.29 bits per heavy atom. The average molecular weight is 234 g/mol. The van der Waals surface area contributed by atoms with Crippen LogP contribution in [0.4, 0.5) is 5.95 Å². The number of piperidine rings is 1. The third-order valence-electron chi connectivity index (χ3n) is 3.44. The summed E-state index contributed by atoms with van der Waals surface area (Å²) >= 11 is 0. The maximum atomic E-state index is 4.34. The predicted molar refractivity (Wildman–Crippen MR) is 70.2 cm³/mol. The molecule has 2 heterocycles. The zero-order valence-electron chi connectivity index (χ0n) is 10.8. The van der Waals surface area contributed by atoms with Gasteiger partial charge in [0.2, 0.25) is 5.95 Å². The van der Waals surface area contributed by atoms with E-state index < -0.39 is 0 Å². The number of rotatable bonds is 4. The first-order chi connectivity index (χ1) is 8.25. The van der Waals surface area contributed by atoms with Gasteiger partial charge in [0.15, 0.2) is 0 Å². The van der Waals surface area contributed by atoms with E-state index in [1.54, 1.807) is 0 Å². The van der Waals surface area contributed by atoms with E-state index in [0.29, 0.717) is 0 Å². The van der Waals surface area contributed by atoms with Crippen molar-refractivity contribution < 1.29 is 0 Å². The summed E-state index contributed by atoms with van der Waals surface area (Å²) in [7, 11) is 2.08. The van der Waals surface area contributed by atoms with Gasteiger partial charge in [-0.25, -0.2) is 9.97 Å². The monoisotopic (exact) mass is 234 g/mol. The maximum Gasteiger partial charge on any atom is 0.224 e. The van der Waals surface area contributed by atoms with Crippen LogP contribution < -0.4 is 10.2 Å². The highest BCUT2D eigenvalue weighted by Gasteiger charge is 2.14. The van der Waals surface area contributed by atoms with Gasteiger partial charge in [-0.15, -0.1) is 0 Å². The van der Waals surface area contributed by atoms with Crippen LogP contribution in [-0.4, -0.2) is 36.6 Å². The zero-order chi connectivity index (χ0) is 12.1. The van der Waals surface area contributed by atoms with Gasteiger partial charge in [-0.3, -0.25) is 0 Å². The average Bonchev–Trinajstić information content (AvgIpc) is 2.38. The molecule has 1 aliphatic rings. The highest BCUT2D eigenvalue weighted by atomic mass is 15.2. The van der Waals surface area contributed by atoms with Gasteiger partial charge in [0, 0.05) is 26.0 Å². The van der Waals surface area contributed by atoms with Crippen LogP contribution in [-0.2, 0) is 0 Å². The molecular formula is C13H22N4. The molecule has 0 atom stereocenters. The van der Waals surface area contributed by atoms with E-state index in [-0.39, 0.29) is 0 Å². The highest BCUT2D eigenvalue weighted by Crippen LogP contribution is 2.17. The maximum absolute atomic E-state index is 4.34. The van der Waals surface area contributed by atoms with Crippen LogP contribution in [0.25, 0.3) is 0 Å². The quantitative estimate of drug-likeness (QED) is 0.859. The lowest BCUT2D eigenvalue weighted by molar-refractivity contribution is 0.356. The Kier molecular flexibility index (Phi) is 4.31. The Morgan fingerprint density at radius 2 is 1.94 bits per heavy atom. The molecule has 1 aliphatic heterocycles. The Labute approximate surface area is 103 Å². The lowest BCUT2D eigenvalue weighted by atomic mass is 9.94. The van der Waals surface area contributed by atoms with Gasteiger partial charge in [0.25, 0.3) is 0 Å². The summed E-state index contributed by atoms with van der Waals surface area (Å²) in [5.41, 5.74) is 1.11. The summed E-state index contributed by atoms with van der Waals surface area (Å²) in [6.45, 7) is 5.41. The molecule has 17 heavy (non-hydrogen) atoms. The van der Waals surface area contributed by atoms with Crippen molar-refractivity contribution >= 4 is 5.95 Å². The van der Waals surface area contributed by atoms with Crippen LogP contribution in [0, 0.1) is 12.8 Å². The van der Waals surface area contributed by atoms with Gasteiger partial charge in [0.1, 0.15) is 0 Å². The minimum Gasteiger partial charge on any atom is -0.344 e. The Hall–Kier alpha value is -1.16. The number of hydrogen-bond donors (Lipinski definition) is 1. The zero-order valence-corrected chi connectivity index (χ0v) is 10.8. The number of nitrogens with zero attached hydrogens (tertiary/aromatic N) is 3. The minimum atomic E-state index is 0.838. The van der Waals surface area contributed by atoms with Gasteiger partial charge in [-0.05, 0) is 50.8 Å². The third kappa shape index (κ3) is 3.66. The molecule has 2 rings (SSSR count). The topological polar surface area (TPSA) is 41.1 Å². The van der Waals surface area contributed by atoms with Gasteiger partial charge >= 0.3 is 0 Å². The lowest BCUT2D eigenvalue weighted by Crippen LogP contribution is -2.30. The molecular weight excluding hydrogens is 212 g/mol. The van der Waals surface area contributed by atoms with Crippen molar-refractivity contribution in [1.29, 1.82) is 0 Å². The van der Waals surface area contributed by atoms with E-state index in [1.165, 1.54) is 32.4 Å². The van der Waals surface area contributed by atoms with Crippen LogP contribution in [0.5, 0.6) is 0 Å². The molecule has 0 aromatic carbocycles. The fraction of sp³-hybridized carbons (Fsp3) is 0.692. The summed E-state index contributed by atoms with van der Waals surface area (Å²) < 4.78 is 0. The van der Waals surface area contributed by atoms with E-state index in [9.17, 15) is 0 Å². The van der Waals surface area contributed by atoms with E-state index in [4.69, 9.17) is 0 Å². The van der Waals surface area contributed by atoms with Crippen molar-refractivity contribution in [3.63, 3.8) is 0 Å². The Bertz CT molecular complexity index is 330. The molecule has 0 bridgehead atoms. The molecule has 0 spiro atoms. The molecule has 0 radical (unpaired) electrons. The van der Waals surface area contributed by atoms with Crippen molar-refractivity contribution in [2.45, 2.75) is 26.2 Å². The van der Waals surface area contributed by atoms with E-state index in [2.05, 4.69) is 27.2 Å². The molecule has 1 fully saturated rings. The molecule has 1 saturated heterocycles. The summed E-state index contributed by atoms with van der Waals surface area (Å²) in [5, 5.41) is 3.40.